The maximum atomic E-state index is 12.7. The van der Waals surface area contributed by atoms with Crippen LogP contribution in [-0.2, 0) is 23.9 Å². The number of hydrogen-bond donors (Lipinski definition) is 2. The molecule has 0 bridgehead atoms. The number of carbonyl (C=O) groups is 1. The minimum atomic E-state index is -0.347. The van der Waals surface area contributed by atoms with Gasteiger partial charge in [0.1, 0.15) is 0 Å². The van der Waals surface area contributed by atoms with E-state index in [0.717, 1.165) is 22.5 Å². The molecule has 35 heavy (non-hydrogen) atoms. The number of hydrogen-bond acceptors (Lipinski definition) is 6. The van der Waals surface area contributed by atoms with Crippen molar-refractivity contribution in [3.63, 3.8) is 0 Å². The second kappa shape index (κ2) is 16.4. The zero-order valence-corrected chi connectivity index (χ0v) is 21.5. The molecule has 0 aliphatic carbocycles. The van der Waals surface area contributed by atoms with Gasteiger partial charge in [0.2, 0.25) is 0 Å². The van der Waals surface area contributed by atoms with E-state index in [4.69, 9.17) is 30.7 Å². The third-order valence-corrected chi connectivity index (χ3v) is 5.51. The highest BCUT2D eigenvalue weighted by atomic mass is 35.5. The topological polar surface area (TPSA) is 109 Å². The van der Waals surface area contributed by atoms with Crippen molar-refractivity contribution in [2.75, 3.05) is 26.4 Å². The number of allylic oxidation sites excluding steroid dienone is 2. The van der Waals surface area contributed by atoms with Crippen LogP contribution in [0.3, 0.4) is 0 Å². The van der Waals surface area contributed by atoms with Crippen molar-refractivity contribution in [2.24, 2.45) is 0 Å². The number of dihydropyridines is 1. The van der Waals surface area contributed by atoms with Gasteiger partial charge in [0.25, 0.3) is 0 Å². The van der Waals surface area contributed by atoms with Crippen LogP contribution in [0, 0.1) is 6.92 Å². The SMILES string of the molecule is CCOC(=O)C1=C(COCC[NH3+])NC(C)=C(C)C1c1ccccc1Cl.Cc1ccccc1.O=C=O. The van der Waals surface area contributed by atoms with Crippen molar-refractivity contribution in [1.82, 2.24) is 5.32 Å². The molecule has 1 atom stereocenters. The Balaban J connectivity index is 0.000000510. The van der Waals surface area contributed by atoms with Crippen LogP contribution in [0.15, 0.2) is 77.1 Å². The molecule has 0 spiro atoms. The van der Waals surface area contributed by atoms with Crippen molar-refractivity contribution < 1.29 is 29.6 Å². The first-order valence-electron chi connectivity index (χ1n) is 11.3. The summed E-state index contributed by atoms with van der Waals surface area (Å²) >= 11 is 6.43. The summed E-state index contributed by atoms with van der Waals surface area (Å²) in [4.78, 5) is 29.0. The molecule has 0 saturated carbocycles. The first-order chi connectivity index (χ1) is 16.8. The van der Waals surface area contributed by atoms with Crippen molar-refractivity contribution in [2.45, 2.75) is 33.6 Å². The average molecular weight is 502 g/mol. The third kappa shape index (κ3) is 9.51. The lowest BCUT2D eigenvalue weighted by atomic mass is 9.81. The molecule has 4 N–H and O–H groups in total. The fraction of sp³-hybridized carbons (Fsp3) is 0.333. The largest absolute Gasteiger partial charge is 0.463 e. The van der Waals surface area contributed by atoms with Gasteiger partial charge < -0.3 is 20.5 Å². The summed E-state index contributed by atoms with van der Waals surface area (Å²) in [6.45, 7) is 9.68. The minimum absolute atomic E-state index is 0.250. The van der Waals surface area contributed by atoms with E-state index in [1.54, 1.807) is 6.92 Å². The number of ether oxygens (including phenoxy) is 2. The monoisotopic (exact) mass is 501 g/mol. The normalized spacial score (nSPS) is 14.5. The van der Waals surface area contributed by atoms with Gasteiger partial charge in [-0.05, 0) is 44.9 Å². The summed E-state index contributed by atoms with van der Waals surface area (Å²) in [6.07, 6.45) is 0.250. The Hall–Kier alpha value is -3.22. The van der Waals surface area contributed by atoms with Gasteiger partial charge in [-0.25, -0.2) is 4.79 Å². The first kappa shape index (κ1) is 29.8. The van der Waals surface area contributed by atoms with Gasteiger partial charge in [-0.3, -0.25) is 0 Å². The molecule has 0 amide bonds. The number of quaternary nitrogens is 1. The van der Waals surface area contributed by atoms with Crippen LogP contribution in [0.1, 0.15) is 37.8 Å². The van der Waals surface area contributed by atoms with E-state index in [2.05, 4.69) is 30.1 Å². The molecule has 8 heteroatoms. The van der Waals surface area contributed by atoms with E-state index >= 15 is 0 Å². The summed E-state index contributed by atoms with van der Waals surface area (Å²) in [5, 5.41) is 3.93. The second-order valence-electron chi connectivity index (χ2n) is 7.64. The van der Waals surface area contributed by atoms with E-state index in [0.29, 0.717) is 37.0 Å². The number of nitrogens with one attached hydrogen (secondary N) is 1. The smallest absolute Gasteiger partial charge is 0.373 e. The fourth-order valence-electron chi connectivity index (χ4n) is 3.47. The molecule has 0 fully saturated rings. The summed E-state index contributed by atoms with van der Waals surface area (Å²) in [7, 11) is 0. The Kier molecular flexibility index (Phi) is 14.0. The van der Waals surface area contributed by atoms with E-state index in [1.807, 2.05) is 56.3 Å². The van der Waals surface area contributed by atoms with Gasteiger partial charge >= 0.3 is 12.1 Å². The lowest BCUT2D eigenvalue weighted by molar-refractivity contribution is -0.373. The van der Waals surface area contributed by atoms with Gasteiger partial charge in [-0.2, -0.15) is 9.59 Å². The van der Waals surface area contributed by atoms with Crippen molar-refractivity contribution in [3.05, 3.63) is 93.3 Å². The lowest BCUT2D eigenvalue weighted by Crippen LogP contribution is -2.52. The van der Waals surface area contributed by atoms with Crippen LogP contribution in [0.5, 0.6) is 0 Å². The minimum Gasteiger partial charge on any atom is -0.463 e. The molecule has 1 heterocycles. The van der Waals surface area contributed by atoms with Crippen LogP contribution >= 0.6 is 11.6 Å². The van der Waals surface area contributed by atoms with Crippen molar-refractivity contribution >= 4 is 23.7 Å². The van der Waals surface area contributed by atoms with E-state index in [-0.39, 0.29) is 18.0 Å². The number of aryl methyl sites for hydroxylation is 1. The fourth-order valence-corrected chi connectivity index (χ4v) is 3.72. The molecule has 0 saturated heterocycles. The molecule has 2 aromatic carbocycles. The highest BCUT2D eigenvalue weighted by molar-refractivity contribution is 6.31. The average Bonchev–Trinajstić information content (AvgIpc) is 2.83. The van der Waals surface area contributed by atoms with E-state index < -0.39 is 0 Å². The molecule has 1 aliphatic heterocycles. The van der Waals surface area contributed by atoms with E-state index in [9.17, 15) is 4.79 Å². The highest BCUT2D eigenvalue weighted by Crippen LogP contribution is 2.41. The van der Waals surface area contributed by atoms with Crippen LogP contribution in [0.25, 0.3) is 0 Å². The summed E-state index contributed by atoms with van der Waals surface area (Å²) in [5.41, 5.74) is 9.29. The molecule has 2 aromatic rings. The van der Waals surface area contributed by atoms with Crippen LogP contribution < -0.4 is 11.1 Å². The summed E-state index contributed by atoms with van der Waals surface area (Å²) < 4.78 is 11.0. The predicted octanol–water partition coefficient (Wildman–Crippen LogP) is 3.81. The summed E-state index contributed by atoms with van der Waals surface area (Å²) in [6, 6.07) is 17.8. The Labute approximate surface area is 211 Å². The molecule has 3 rings (SSSR count). The van der Waals surface area contributed by atoms with E-state index in [1.165, 1.54) is 5.56 Å². The van der Waals surface area contributed by atoms with Gasteiger partial charge in [-0.1, -0.05) is 65.7 Å². The van der Waals surface area contributed by atoms with Crippen molar-refractivity contribution in [3.8, 4) is 0 Å². The number of benzene rings is 2. The number of rotatable bonds is 7. The maximum Gasteiger partial charge on any atom is 0.373 e. The Bertz CT molecular complexity index is 1040. The molecular weight excluding hydrogens is 468 g/mol. The molecule has 0 radical (unpaired) electrons. The Morgan fingerprint density at radius 1 is 1.06 bits per heavy atom. The standard InChI is InChI=1S/C19H25ClN2O3.C7H8.CO2/c1-4-25-19(23)18-16(11-24-10-9-21)22-13(3)12(2)17(18)14-7-5-6-8-15(14)20;1-7-5-3-2-4-6-7;2-1-3/h5-8,17,22H,4,9-11,21H2,1-3H3;2-6H,1H3;/p+1. The van der Waals surface area contributed by atoms with Crippen LogP contribution in [0.2, 0.25) is 5.02 Å². The molecule has 1 aliphatic rings. The highest BCUT2D eigenvalue weighted by Gasteiger charge is 2.34. The number of halogens is 1. The molecule has 188 valence electrons. The van der Waals surface area contributed by atoms with Gasteiger partial charge in [0.05, 0.1) is 37.6 Å². The molecule has 7 nitrogen and oxygen atoms in total. The predicted molar refractivity (Wildman–Crippen MR) is 134 cm³/mol. The van der Waals surface area contributed by atoms with Gasteiger partial charge in [0.15, 0.2) is 0 Å². The maximum absolute atomic E-state index is 12.7. The first-order valence-corrected chi connectivity index (χ1v) is 11.7. The zero-order valence-electron chi connectivity index (χ0n) is 20.7. The van der Waals surface area contributed by atoms with Crippen molar-refractivity contribution in [1.29, 1.82) is 0 Å². The Morgan fingerprint density at radius 2 is 1.66 bits per heavy atom. The number of esters is 1. The van der Waals surface area contributed by atoms with Crippen LogP contribution in [0.4, 0.5) is 0 Å². The summed E-state index contributed by atoms with van der Waals surface area (Å²) in [5.74, 6) is -0.604. The lowest BCUT2D eigenvalue weighted by Gasteiger charge is -2.31. The quantitative estimate of drug-likeness (QED) is 0.441. The Morgan fingerprint density at radius 3 is 2.17 bits per heavy atom. The molecule has 0 aromatic heterocycles. The zero-order chi connectivity index (χ0) is 26.2. The number of carbonyl (C=O) groups excluding carboxylic acids is 3. The third-order valence-electron chi connectivity index (χ3n) is 5.16. The second-order valence-corrected chi connectivity index (χ2v) is 8.05. The van der Waals surface area contributed by atoms with Crippen LogP contribution in [-0.4, -0.2) is 38.5 Å². The van der Waals surface area contributed by atoms with Gasteiger partial charge in [-0.15, -0.1) is 0 Å². The molecule has 1 unspecified atom stereocenters. The molecular formula is C27H34ClN2O5+. The van der Waals surface area contributed by atoms with Gasteiger partial charge in [0, 0.05) is 16.6 Å².